The molecule has 2 aromatic carbocycles. The van der Waals surface area contributed by atoms with Crippen molar-refractivity contribution in [3.8, 4) is 0 Å². The highest BCUT2D eigenvalue weighted by Crippen LogP contribution is 2.36. The van der Waals surface area contributed by atoms with Gasteiger partial charge in [0.1, 0.15) is 17.7 Å². The number of esters is 1. The molecule has 1 aliphatic rings. The molecule has 0 saturated heterocycles. The lowest BCUT2D eigenvalue weighted by atomic mass is 9.97. The second-order valence-electron chi connectivity index (χ2n) is 11.5. The first-order valence-corrected chi connectivity index (χ1v) is 14.2. The van der Waals surface area contributed by atoms with Crippen molar-refractivity contribution in [1.29, 1.82) is 0 Å². The molecule has 3 amide bonds. The third-order valence-corrected chi connectivity index (χ3v) is 6.49. The van der Waals surface area contributed by atoms with Crippen molar-refractivity contribution in [3.63, 3.8) is 0 Å². The third kappa shape index (κ3) is 9.92. The van der Waals surface area contributed by atoms with Gasteiger partial charge in [-0.05, 0) is 65.5 Å². The normalized spacial score (nSPS) is 14.4. The van der Waals surface area contributed by atoms with Crippen LogP contribution in [0.1, 0.15) is 75.3 Å². The highest BCUT2D eigenvalue weighted by Gasteiger charge is 2.44. The van der Waals surface area contributed by atoms with Crippen molar-refractivity contribution in [2.75, 3.05) is 13.2 Å². The van der Waals surface area contributed by atoms with Crippen LogP contribution in [0.15, 0.2) is 48.5 Å². The Labute approximate surface area is 243 Å². The van der Waals surface area contributed by atoms with Crippen LogP contribution in [0.5, 0.6) is 0 Å². The molecule has 2 N–H and O–H groups in total. The Morgan fingerprint density at radius 2 is 1.63 bits per heavy atom. The fourth-order valence-corrected chi connectivity index (χ4v) is 4.77. The number of hydrogen-bond acceptors (Lipinski definition) is 6. The van der Waals surface area contributed by atoms with Crippen molar-refractivity contribution in [2.45, 2.75) is 91.0 Å². The number of aryl methyl sites for hydroxylation is 2. The predicted molar refractivity (Wildman–Crippen MR) is 156 cm³/mol. The lowest BCUT2D eigenvalue weighted by Crippen LogP contribution is -2.54. The van der Waals surface area contributed by atoms with Gasteiger partial charge < -0.3 is 25.0 Å². The van der Waals surface area contributed by atoms with E-state index in [0.717, 1.165) is 29.5 Å². The maximum Gasteiger partial charge on any atom is 0.408 e. The Bertz CT molecular complexity index is 1200. The average Bonchev–Trinajstić information content (AvgIpc) is 3.70. The number of carbonyl (C=O) groups is 4. The molecule has 0 bridgehead atoms. The van der Waals surface area contributed by atoms with Gasteiger partial charge in [0, 0.05) is 19.0 Å². The van der Waals surface area contributed by atoms with Crippen LogP contribution in [-0.4, -0.2) is 59.6 Å². The van der Waals surface area contributed by atoms with Crippen LogP contribution in [0.3, 0.4) is 0 Å². The molecule has 0 spiro atoms. The molecule has 0 heterocycles. The summed E-state index contributed by atoms with van der Waals surface area (Å²) in [5, 5.41) is 5.62. The summed E-state index contributed by atoms with van der Waals surface area (Å²) in [6, 6.07) is 13.1. The van der Waals surface area contributed by atoms with Gasteiger partial charge in [-0.3, -0.25) is 14.4 Å². The molecule has 9 nitrogen and oxygen atoms in total. The molecule has 2 aromatic rings. The van der Waals surface area contributed by atoms with E-state index in [1.165, 1.54) is 0 Å². The molecule has 0 aromatic heterocycles. The SMILES string of the molecule is CCOC(=O)CCNC(=O)C(c1cc(C)cc(C)c1)N(C(=O)C(Cc1ccccc1)NC(=O)OC(C)(C)C)C1CC1. The van der Waals surface area contributed by atoms with E-state index in [0.29, 0.717) is 5.56 Å². The maximum absolute atomic E-state index is 14.4. The first kappa shape index (κ1) is 31.6. The summed E-state index contributed by atoms with van der Waals surface area (Å²) in [7, 11) is 0. The summed E-state index contributed by atoms with van der Waals surface area (Å²) in [5.74, 6) is -1.17. The molecule has 3 rings (SSSR count). The van der Waals surface area contributed by atoms with Gasteiger partial charge in [0.15, 0.2) is 0 Å². The molecule has 0 aliphatic heterocycles. The molecule has 1 saturated carbocycles. The number of benzene rings is 2. The Kier molecular flexibility index (Phi) is 10.9. The van der Waals surface area contributed by atoms with Crippen LogP contribution in [0.25, 0.3) is 0 Å². The minimum atomic E-state index is -0.964. The molecular formula is C32H43N3O6. The maximum atomic E-state index is 14.4. The second-order valence-corrected chi connectivity index (χ2v) is 11.5. The van der Waals surface area contributed by atoms with E-state index in [4.69, 9.17) is 9.47 Å². The Morgan fingerprint density at radius 3 is 2.20 bits per heavy atom. The van der Waals surface area contributed by atoms with Gasteiger partial charge in [-0.15, -0.1) is 0 Å². The molecule has 2 unspecified atom stereocenters. The molecule has 41 heavy (non-hydrogen) atoms. The fraction of sp³-hybridized carbons (Fsp3) is 0.500. The standard InChI is InChI=1S/C32H43N3O6/c1-7-40-27(36)15-16-33-29(37)28(24-18-21(2)17-22(3)19-24)35(25-13-14-25)30(38)26(20-23-11-9-8-10-12-23)34-31(39)41-32(4,5)6/h8-12,17-19,25-26,28H,7,13-16,20H2,1-6H3,(H,33,37)(H,34,39). The highest BCUT2D eigenvalue weighted by molar-refractivity contribution is 5.93. The third-order valence-electron chi connectivity index (χ3n) is 6.49. The molecule has 222 valence electrons. The quantitative estimate of drug-likeness (QED) is 0.365. The number of rotatable bonds is 12. The van der Waals surface area contributed by atoms with Gasteiger partial charge in [0.25, 0.3) is 0 Å². The highest BCUT2D eigenvalue weighted by atomic mass is 16.6. The van der Waals surface area contributed by atoms with Gasteiger partial charge in [-0.1, -0.05) is 59.7 Å². The molecule has 9 heteroatoms. The van der Waals surface area contributed by atoms with E-state index >= 15 is 0 Å². The lowest BCUT2D eigenvalue weighted by Gasteiger charge is -2.35. The van der Waals surface area contributed by atoms with Gasteiger partial charge >= 0.3 is 12.1 Å². The molecule has 0 radical (unpaired) electrons. The summed E-state index contributed by atoms with van der Waals surface area (Å²) in [4.78, 5) is 54.6. The smallest absolute Gasteiger partial charge is 0.408 e. The number of alkyl carbamates (subject to hydrolysis) is 1. The summed E-state index contributed by atoms with van der Waals surface area (Å²) in [6.07, 6.45) is 1.03. The van der Waals surface area contributed by atoms with Gasteiger partial charge in [-0.2, -0.15) is 0 Å². The minimum absolute atomic E-state index is 0.0212. The Morgan fingerprint density at radius 1 is 1.00 bits per heavy atom. The van der Waals surface area contributed by atoms with E-state index < -0.39 is 35.7 Å². The summed E-state index contributed by atoms with van der Waals surface area (Å²) < 4.78 is 10.5. The fourth-order valence-electron chi connectivity index (χ4n) is 4.77. The van der Waals surface area contributed by atoms with Crippen molar-refractivity contribution < 1.29 is 28.7 Å². The summed E-state index contributed by atoms with van der Waals surface area (Å²) in [6.45, 7) is 11.2. The zero-order chi connectivity index (χ0) is 30.2. The topological polar surface area (TPSA) is 114 Å². The first-order valence-electron chi connectivity index (χ1n) is 14.2. The van der Waals surface area contributed by atoms with Crippen molar-refractivity contribution in [3.05, 3.63) is 70.8 Å². The van der Waals surface area contributed by atoms with Gasteiger partial charge in [0.05, 0.1) is 13.0 Å². The second kappa shape index (κ2) is 14.1. The molecule has 1 aliphatic carbocycles. The van der Waals surface area contributed by atoms with Crippen LogP contribution in [-0.2, 0) is 30.3 Å². The van der Waals surface area contributed by atoms with Crippen LogP contribution in [0.4, 0.5) is 4.79 Å². The Balaban J connectivity index is 1.97. The van der Waals surface area contributed by atoms with Crippen LogP contribution >= 0.6 is 0 Å². The van der Waals surface area contributed by atoms with E-state index in [-0.39, 0.29) is 37.9 Å². The van der Waals surface area contributed by atoms with Crippen molar-refractivity contribution in [1.82, 2.24) is 15.5 Å². The minimum Gasteiger partial charge on any atom is -0.466 e. The zero-order valence-electron chi connectivity index (χ0n) is 25.0. The molecule has 1 fully saturated rings. The van der Waals surface area contributed by atoms with Crippen molar-refractivity contribution >= 4 is 23.9 Å². The Hall–Kier alpha value is -3.88. The number of carbonyl (C=O) groups excluding carboxylic acids is 4. The number of nitrogens with one attached hydrogen (secondary N) is 2. The van der Waals surface area contributed by atoms with Crippen molar-refractivity contribution in [2.24, 2.45) is 0 Å². The lowest BCUT2D eigenvalue weighted by molar-refractivity contribution is -0.144. The number of ether oxygens (including phenoxy) is 2. The van der Waals surface area contributed by atoms with E-state index in [2.05, 4.69) is 10.6 Å². The van der Waals surface area contributed by atoms with Crippen LogP contribution in [0, 0.1) is 13.8 Å². The van der Waals surface area contributed by atoms with Crippen LogP contribution < -0.4 is 10.6 Å². The van der Waals surface area contributed by atoms with Gasteiger partial charge in [0.2, 0.25) is 11.8 Å². The number of amides is 3. The molecular weight excluding hydrogens is 522 g/mol. The summed E-state index contributed by atoms with van der Waals surface area (Å²) >= 11 is 0. The van der Waals surface area contributed by atoms with Gasteiger partial charge in [-0.25, -0.2) is 4.79 Å². The van der Waals surface area contributed by atoms with E-state index in [1.54, 1.807) is 32.6 Å². The monoisotopic (exact) mass is 565 g/mol. The summed E-state index contributed by atoms with van der Waals surface area (Å²) in [5.41, 5.74) is 2.70. The predicted octanol–water partition coefficient (Wildman–Crippen LogP) is 4.54. The van der Waals surface area contributed by atoms with E-state index in [1.807, 2.05) is 62.4 Å². The zero-order valence-corrected chi connectivity index (χ0v) is 25.0. The molecule has 2 atom stereocenters. The first-order chi connectivity index (χ1) is 19.4. The van der Waals surface area contributed by atoms with E-state index in [9.17, 15) is 19.2 Å². The number of nitrogens with zero attached hydrogens (tertiary/aromatic N) is 1. The largest absolute Gasteiger partial charge is 0.466 e. The number of hydrogen-bond donors (Lipinski definition) is 2. The average molecular weight is 566 g/mol. The van der Waals surface area contributed by atoms with Crippen LogP contribution in [0.2, 0.25) is 0 Å².